The highest BCUT2D eigenvalue weighted by Crippen LogP contribution is 2.41. The molecule has 0 saturated carbocycles. The number of carbonyl (C=O) groups excluding carboxylic acids is 1. The van der Waals surface area contributed by atoms with Crippen molar-refractivity contribution in [1.29, 1.82) is 0 Å². The predicted octanol–water partition coefficient (Wildman–Crippen LogP) is 13.0. The molecule has 0 fully saturated rings. The van der Waals surface area contributed by atoms with Crippen molar-refractivity contribution in [3.63, 3.8) is 0 Å². The fourth-order valence-electron chi connectivity index (χ4n) is 7.71. The highest BCUT2D eigenvalue weighted by Gasteiger charge is 2.47. The van der Waals surface area contributed by atoms with Crippen molar-refractivity contribution >= 4 is 33.8 Å². The van der Waals surface area contributed by atoms with Crippen LogP contribution in [0.3, 0.4) is 0 Å². The molecular formula is C46H27BF24N2O. The molecule has 1 aromatic heterocycles. The standard InChI is InChI=1S/C32H12BF24.C14H15N2O/c34-25(35,36)13-1-14(26(37,38)39)6-21(5-13)33(22-7-15(27(40,41)42)2-16(8-22)28(43,44)45,23-9-17(29(46,47)48)3-18(10-23)30(49,50)51)24-11-19(31(52,53)54)4-20(12-24)32(55,56)57;1-2-12-3-5-13(6-4-12)14(17)11-16-9-7-15-8-10-16/h1-12H;3-10H,2,11H2,1H3/q-1;+1. The van der Waals surface area contributed by atoms with E-state index in [0.29, 0.717) is 6.54 Å². The smallest absolute Gasteiger partial charge is 0.287 e. The van der Waals surface area contributed by atoms with Crippen molar-refractivity contribution in [2.75, 3.05) is 0 Å². The van der Waals surface area contributed by atoms with Gasteiger partial charge in [-0.05, 0) is 36.2 Å². The van der Waals surface area contributed by atoms with E-state index in [0.717, 1.165) is 12.0 Å². The molecule has 0 aliphatic carbocycles. The lowest BCUT2D eigenvalue weighted by molar-refractivity contribution is -0.683. The van der Waals surface area contributed by atoms with E-state index in [1.165, 1.54) is 5.56 Å². The summed E-state index contributed by atoms with van der Waals surface area (Å²) in [7, 11) is 0. The van der Waals surface area contributed by atoms with Crippen LogP contribution in [-0.4, -0.2) is 16.9 Å². The first-order valence-corrected chi connectivity index (χ1v) is 20.3. The molecule has 0 atom stereocenters. The van der Waals surface area contributed by atoms with Crippen molar-refractivity contribution in [2.45, 2.75) is 69.3 Å². The minimum atomic E-state index is -6.13. The largest absolute Gasteiger partial charge is 0.416 e. The van der Waals surface area contributed by atoms with E-state index in [4.69, 9.17) is 0 Å². The molecule has 6 aromatic rings. The summed E-state index contributed by atoms with van der Waals surface area (Å²) in [6, 6.07) is -1.02. The summed E-state index contributed by atoms with van der Waals surface area (Å²) in [6.45, 7) is 2.46. The van der Waals surface area contributed by atoms with Crippen LogP contribution in [0.1, 0.15) is 67.4 Å². The van der Waals surface area contributed by atoms with E-state index in [2.05, 4.69) is 11.9 Å². The van der Waals surface area contributed by atoms with Gasteiger partial charge in [0.05, 0.1) is 56.9 Å². The average molecular weight is 1090 g/mol. The highest BCUT2D eigenvalue weighted by atomic mass is 19.4. The van der Waals surface area contributed by atoms with Gasteiger partial charge in [-0.25, -0.2) is 0 Å². The second-order valence-corrected chi connectivity index (χ2v) is 16.1. The number of nitrogens with zero attached hydrogens (tertiary/aromatic N) is 2. The van der Waals surface area contributed by atoms with E-state index in [-0.39, 0.29) is 5.78 Å². The van der Waals surface area contributed by atoms with Gasteiger partial charge in [-0.2, -0.15) is 132 Å². The fourth-order valence-corrected chi connectivity index (χ4v) is 7.71. The average Bonchev–Trinajstić information content (AvgIpc) is 3.27. The summed E-state index contributed by atoms with van der Waals surface area (Å²) in [5.74, 6) is 0.115. The van der Waals surface area contributed by atoms with Gasteiger partial charge in [0, 0.05) is 5.56 Å². The molecule has 1 heterocycles. The van der Waals surface area contributed by atoms with Crippen molar-refractivity contribution in [3.8, 4) is 0 Å². The zero-order chi connectivity index (χ0) is 56.0. The molecule has 0 radical (unpaired) electrons. The molecule has 0 aliphatic rings. The van der Waals surface area contributed by atoms with Crippen LogP contribution in [0.25, 0.3) is 0 Å². The Bertz CT molecular complexity index is 2530. The molecule has 398 valence electrons. The van der Waals surface area contributed by atoms with Crippen molar-refractivity contribution in [2.24, 2.45) is 0 Å². The summed E-state index contributed by atoms with van der Waals surface area (Å²) >= 11 is 0. The Labute approximate surface area is 400 Å². The lowest BCUT2D eigenvalue weighted by Gasteiger charge is -2.46. The molecule has 0 spiro atoms. The number of Topliss-reactive ketones (excluding diaryl/α,β-unsaturated/α-hetero) is 1. The summed E-state index contributed by atoms with van der Waals surface area (Å²) < 4.78 is 343. The van der Waals surface area contributed by atoms with Gasteiger partial charge in [0.2, 0.25) is 12.3 Å². The number of ketones is 1. The zero-order valence-electron chi connectivity index (χ0n) is 36.4. The molecular weight excluding hydrogens is 1060 g/mol. The van der Waals surface area contributed by atoms with Crippen LogP contribution in [-0.2, 0) is 62.4 Å². The van der Waals surface area contributed by atoms with Gasteiger partial charge in [-0.1, -0.05) is 79.7 Å². The topological polar surface area (TPSA) is 33.8 Å². The minimum absolute atomic E-state index is 0.115. The molecule has 0 saturated heterocycles. The van der Waals surface area contributed by atoms with Gasteiger partial charge in [-0.15, -0.1) is 0 Å². The van der Waals surface area contributed by atoms with Gasteiger partial charge in [0.15, 0.2) is 12.4 Å². The van der Waals surface area contributed by atoms with Crippen molar-refractivity contribution in [3.05, 3.63) is 177 Å². The first kappa shape index (κ1) is 58.1. The maximum atomic E-state index is 14.2. The fraction of sp³-hybridized carbons (Fsp3) is 0.239. The van der Waals surface area contributed by atoms with E-state index >= 15 is 0 Å². The second kappa shape index (κ2) is 20.2. The highest BCUT2D eigenvalue weighted by molar-refractivity contribution is 7.20. The molecule has 74 heavy (non-hydrogen) atoms. The molecule has 6 rings (SSSR count). The van der Waals surface area contributed by atoms with Gasteiger partial charge in [0.25, 0.3) is 0 Å². The van der Waals surface area contributed by atoms with Crippen LogP contribution in [0, 0.1) is 0 Å². The lowest BCUT2D eigenvalue weighted by Crippen LogP contribution is -2.75. The van der Waals surface area contributed by atoms with Crippen LogP contribution in [0.2, 0.25) is 0 Å². The quantitative estimate of drug-likeness (QED) is 0.0659. The number of alkyl halides is 24. The van der Waals surface area contributed by atoms with Crippen LogP contribution >= 0.6 is 0 Å². The van der Waals surface area contributed by atoms with Gasteiger partial charge in [0.1, 0.15) is 6.15 Å². The number of carbonyl (C=O) groups is 1. The van der Waals surface area contributed by atoms with Gasteiger partial charge < -0.3 is 0 Å². The Morgan fingerprint density at radius 2 is 0.622 bits per heavy atom. The molecule has 0 amide bonds. The number of hydrogen-bond donors (Lipinski definition) is 0. The van der Waals surface area contributed by atoms with Crippen LogP contribution in [0.5, 0.6) is 0 Å². The van der Waals surface area contributed by atoms with Gasteiger partial charge in [-0.3, -0.25) is 9.78 Å². The summed E-state index contributed by atoms with van der Waals surface area (Å²) in [4.78, 5) is 15.9. The maximum absolute atomic E-state index is 14.2. The van der Waals surface area contributed by atoms with E-state index in [9.17, 15) is 110 Å². The Kier molecular flexibility index (Phi) is 15.8. The molecule has 3 nitrogen and oxygen atoms in total. The van der Waals surface area contributed by atoms with Gasteiger partial charge >= 0.3 is 49.4 Å². The molecule has 0 aliphatic heterocycles. The Hall–Kier alpha value is -6.77. The van der Waals surface area contributed by atoms with Crippen LogP contribution in [0.4, 0.5) is 105 Å². The molecule has 0 N–H and O–H groups in total. The number of rotatable bonds is 8. The normalized spacial score (nSPS) is 13.4. The zero-order valence-corrected chi connectivity index (χ0v) is 36.4. The number of aromatic nitrogens is 2. The van der Waals surface area contributed by atoms with E-state index in [1.54, 1.807) is 24.8 Å². The SMILES string of the molecule is CCc1ccc(C(=O)C[n+]2ccncc2)cc1.FC(F)(F)c1cc([B-](c2cc(C(F)(F)F)cc(C(F)(F)F)c2)(c2cc(C(F)(F)F)cc(C(F)(F)F)c2)c2cc(C(F)(F)F)cc(C(F)(F)F)c2)cc(C(F)(F)F)c1. The number of hydrogen-bond acceptors (Lipinski definition) is 2. The third-order valence-electron chi connectivity index (χ3n) is 11.1. The Morgan fingerprint density at radius 3 is 0.824 bits per heavy atom. The molecule has 0 bridgehead atoms. The third-order valence-corrected chi connectivity index (χ3v) is 11.1. The number of benzene rings is 5. The van der Waals surface area contributed by atoms with Crippen molar-refractivity contribution < 1.29 is 115 Å². The monoisotopic (exact) mass is 1090 g/mol. The van der Waals surface area contributed by atoms with E-state index < -0.39 is 195 Å². The van der Waals surface area contributed by atoms with Crippen LogP contribution < -0.4 is 26.4 Å². The first-order chi connectivity index (χ1) is 33.6. The summed E-state index contributed by atoms with van der Waals surface area (Å²) in [5.41, 5.74) is -28.2. The third kappa shape index (κ3) is 13.5. The van der Waals surface area contributed by atoms with Crippen molar-refractivity contribution in [1.82, 2.24) is 4.98 Å². The van der Waals surface area contributed by atoms with E-state index in [1.807, 2.05) is 28.8 Å². The summed E-state index contributed by atoms with van der Waals surface area (Å²) in [6.07, 6.45) is -46.9. The number of aryl methyl sites for hydroxylation is 1. The lowest BCUT2D eigenvalue weighted by atomic mass is 9.12. The number of halogens is 24. The molecule has 28 heteroatoms. The second-order valence-electron chi connectivity index (χ2n) is 16.1. The minimum Gasteiger partial charge on any atom is -0.287 e. The Balaban J connectivity index is 0.000000500. The molecule has 0 unspecified atom stereocenters. The first-order valence-electron chi connectivity index (χ1n) is 20.3. The maximum Gasteiger partial charge on any atom is 0.416 e. The van der Waals surface area contributed by atoms with Crippen LogP contribution in [0.15, 0.2) is 122 Å². The summed E-state index contributed by atoms with van der Waals surface area (Å²) in [5, 5.41) is 0. The predicted molar refractivity (Wildman–Crippen MR) is 215 cm³/mol. The molecule has 5 aromatic carbocycles. The Morgan fingerprint density at radius 1 is 0.392 bits per heavy atom.